The second-order valence-electron chi connectivity index (χ2n) is 2.37. The van der Waals surface area contributed by atoms with Crippen molar-refractivity contribution in [1.82, 2.24) is 5.32 Å². The zero-order chi connectivity index (χ0) is 8.97. The van der Waals surface area contributed by atoms with Gasteiger partial charge in [-0.25, -0.2) is 4.79 Å². The Bertz CT molecular complexity index is 246. The molecule has 0 radical (unpaired) electrons. The first kappa shape index (κ1) is 9.06. The second kappa shape index (κ2) is 4.11. The fourth-order valence-electron chi connectivity index (χ4n) is 0.844. The molecule has 0 saturated heterocycles. The van der Waals surface area contributed by atoms with Crippen LogP contribution in [0.1, 0.15) is 17.8 Å². The third-order valence-electron chi connectivity index (χ3n) is 1.49. The molecule has 1 aromatic heterocycles. The van der Waals surface area contributed by atoms with Gasteiger partial charge in [0.2, 0.25) is 0 Å². The molecule has 66 valence electrons. The summed E-state index contributed by atoms with van der Waals surface area (Å²) < 4.78 is 4.47. The molecule has 1 unspecified atom stereocenters. The minimum atomic E-state index is -0.393. The highest BCUT2D eigenvalue weighted by Crippen LogP contribution is 2.17. The van der Waals surface area contributed by atoms with Gasteiger partial charge in [-0.3, -0.25) is 0 Å². The van der Waals surface area contributed by atoms with Crippen molar-refractivity contribution in [3.8, 4) is 0 Å². The highest BCUT2D eigenvalue weighted by Gasteiger charge is 2.08. The Kier molecular flexibility index (Phi) is 3.10. The summed E-state index contributed by atoms with van der Waals surface area (Å²) in [6, 6.07) is 3.96. The van der Waals surface area contributed by atoms with Gasteiger partial charge < -0.3 is 10.1 Å². The lowest BCUT2D eigenvalue weighted by atomic mass is 10.3. The van der Waals surface area contributed by atoms with E-state index in [1.807, 2.05) is 24.4 Å². The fraction of sp³-hybridized carbons (Fsp3) is 0.375. The molecule has 12 heavy (non-hydrogen) atoms. The minimum absolute atomic E-state index is 0.0254. The number of rotatable bonds is 2. The molecular formula is C8H11NO2S. The van der Waals surface area contributed by atoms with Crippen molar-refractivity contribution < 1.29 is 9.53 Å². The molecule has 1 atom stereocenters. The number of hydrogen-bond donors (Lipinski definition) is 1. The molecule has 0 aliphatic heterocycles. The lowest BCUT2D eigenvalue weighted by Gasteiger charge is -2.09. The van der Waals surface area contributed by atoms with Crippen LogP contribution >= 0.6 is 11.3 Å². The van der Waals surface area contributed by atoms with Crippen LogP contribution in [0.15, 0.2) is 17.5 Å². The Labute approximate surface area is 75.4 Å². The summed E-state index contributed by atoms with van der Waals surface area (Å²) in [4.78, 5) is 11.9. The molecule has 0 bridgehead atoms. The summed E-state index contributed by atoms with van der Waals surface area (Å²) in [5, 5.41) is 4.66. The smallest absolute Gasteiger partial charge is 0.407 e. The molecule has 0 aliphatic carbocycles. The molecule has 1 amide bonds. The van der Waals surface area contributed by atoms with Gasteiger partial charge in [-0.2, -0.15) is 0 Å². The SMILES string of the molecule is COC(=O)NC(C)c1cccs1. The van der Waals surface area contributed by atoms with Gasteiger partial charge in [0.1, 0.15) is 0 Å². The zero-order valence-electron chi connectivity index (χ0n) is 7.03. The van der Waals surface area contributed by atoms with Crippen molar-refractivity contribution in [3.05, 3.63) is 22.4 Å². The van der Waals surface area contributed by atoms with Crippen LogP contribution in [-0.4, -0.2) is 13.2 Å². The number of nitrogens with one attached hydrogen (secondary N) is 1. The monoisotopic (exact) mass is 185 g/mol. The molecule has 0 spiro atoms. The summed E-state index contributed by atoms with van der Waals surface area (Å²) in [7, 11) is 1.36. The van der Waals surface area contributed by atoms with Crippen molar-refractivity contribution in [1.29, 1.82) is 0 Å². The summed E-state index contributed by atoms with van der Waals surface area (Å²) in [6.07, 6.45) is -0.393. The van der Waals surface area contributed by atoms with E-state index in [1.54, 1.807) is 11.3 Å². The number of alkyl carbamates (subject to hydrolysis) is 1. The molecule has 1 heterocycles. The number of ether oxygens (including phenoxy) is 1. The lowest BCUT2D eigenvalue weighted by Crippen LogP contribution is -2.25. The van der Waals surface area contributed by atoms with Gasteiger partial charge >= 0.3 is 6.09 Å². The highest BCUT2D eigenvalue weighted by atomic mass is 32.1. The van der Waals surface area contributed by atoms with Crippen LogP contribution < -0.4 is 5.32 Å². The van der Waals surface area contributed by atoms with Crippen LogP contribution in [0.5, 0.6) is 0 Å². The number of carbonyl (C=O) groups is 1. The maximum Gasteiger partial charge on any atom is 0.407 e. The third kappa shape index (κ3) is 2.23. The van der Waals surface area contributed by atoms with Gasteiger partial charge in [0.25, 0.3) is 0 Å². The highest BCUT2D eigenvalue weighted by molar-refractivity contribution is 7.10. The average Bonchev–Trinajstić information content (AvgIpc) is 2.56. The Morgan fingerprint density at radius 2 is 2.50 bits per heavy atom. The number of hydrogen-bond acceptors (Lipinski definition) is 3. The summed E-state index contributed by atoms with van der Waals surface area (Å²) >= 11 is 1.61. The minimum Gasteiger partial charge on any atom is -0.453 e. The van der Waals surface area contributed by atoms with E-state index in [0.29, 0.717) is 0 Å². The van der Waals surface area contributed by atoms with Crippen molar-refractivity contribution in [2.45, 2.75) is 13.0 Å². The van der Waals surface area contributed by atoms with E-state index in [1.165, 1.54) is 7.11 Å². The van der Waals surface area contributed by atoms with Crippen LogP contribution in [0.2, 0.25) is 0 Å². The van der Waals surface area contributed by atoms with Crippen LogP contribution in [0.25, 0.3) is 0 Å². The number of thiophene rings is 1. The van der Waals surface area contributed by atoms with Crippen LogP contribution in [0, 0.1) is 0 Å². The van der Waals surface area contributed by atoms with E-state index in [2.05, 4.69) is 10.1 Å². The molecule has 0 saturated carbocycles. The van der Waals surface area contributed by atoms with E-state index in [0.717, 1.165) is 4.88 Å². The average molecular weight is 185 g/mol. The van der Waals surface area contributed by atoms with Crippen LogP contribution in [0.3, 0.4) is 0 Å². The summed E-state index contributed by atoms with van der Waals surface area (Å²) in [5.41, 5.74) is 0. The van der Waals surface area contributed by atoms with Gasteiger partial charge in [0, 0.05) is 4.88 Å². The quantitative estimate of drug-likeness (QED) is 0.766. The Balaban J connectivity index is 2.49. The molecule has 1 rings (SSSR count). The Morgan fingerprint density at radius 1 is 1.75 bits per heavy atom. The van der Waals surface area contributed by atoms with Crippen molar-refractivity contribution in [2.24, 2.45) is 0 Å². The van der Waals surface area contributed by atoms with Gasteiger partial charge in [-0.05, 0) is 18.4 Å². The number of amides is 1. The summed E-state index contributed by atoms with van der Waals surface area (Å²) in [5.74, 6) is 0. The first-order valence-corrected chi connectivity index (χ1v) is 4.50. The fourth-order valence-corrected chi connectivity index (χ4v) is 1.58. The van der Waals surface area contributed by atoms with Gasteiger partial charge in [-0.1, -0.05) is 6.07 Å². The Hall–Kier alpha value is -1.03. The molecule has 1 aromatic rings. The molecule has 4 heteroatoms. The first-order chi connectivity index (χ1) is 5.74. The largest absolute Gasteiger partial charge is 0.453 e. The third-order valence-corrected chi connectivity index (χ3v) is 2.54. The molecule has 3 nitrogen and oxygen atoms in total. The molecular weight excluding hydrogens is 174 g/mol. The summed E-state index contributed by atoms with van der Waals surface area (Å²) in [6.45, 7) is 1.92. The van der Waals surface area contributed by atoms with E-state index < -0.39 is 6.09 Å². The maximum absolute atomic E-state index is 10.8. The van der Waals surface area contributed by atoms with Crippen molar-refractivity contribution in [2.75, 3.05) is 7.11 Å². The standard InChI is InChI=1S/C8H11NO2S/c1-6(9-8(10)11-2)7-4-3-5-12-7/h3-6H,1-2H3,(H,9,10). The maximum atomic E-state index is 10.8. The molecule has 0 aliphatic rings. The van der Waals surface area contributed by atoms with E-state index in [9.17, 15) is 4.79 Å². The predicted octanol–water partition coefficient (Wildman–Crippen LogP) is 2.17. The van der Waals surface area contributed by atoms with Crippen LogP contribution in [-0.2, 0) is 4.74 Å². The van der Waals surface area contributed by atoms with Crippen molar-refractivity contribution >= 4 is 17.4 Å². The second-order valence-corrected chi connectivity index (χ2v) is 3.35. The van der Waals surface area contributed by atoms with Gasteiger partial charge in [-0.15, -0.1) is 11.3 Å². The van der Waals surface area contributed by atoms with E-state index in [4.69, 9.17) is 0 Å². The normalized spacial score (nSPS) is 12.2. The van der Waals surface area contributed by atoms with Gasteiger partial charge in [0.15, 0.2) is 0 Å². The molecule has 0 fully saturated rings. The zero-order valence-corrected chi connectivity index (χ0v) is 7.85. The number of carbonyl (C=O) groups excluding carboxylic acids is 1. The Morgan fingerprint density at radius 3 is 3.00 bits per heavy atom. The predicted molar refractivity (Wildman–Crippen MR) is 48.3 cm³/mol. The first-order valence-electron chi connectivity index (χ1n) is 3.62. The van der Waals surface area contributed by atoms with E-state index >= 15 is 0 Å². The molecule has 0 aromatic carbocycles. The molecule has 1 N–H and O–H groups in total. The van der Waals surface area contributed by atoms with Crippen LogP contribution in [0.4, 0.5) is 4.79 Å². The number of methoxy groups -OCH3 is 1. The lowest BCUT2D eigenvalue weighted by molar-refractivity contribution is 0.167. The van der Waals surface area contributed by atoms with Gasteiger partial charge in [0.05, 0.1) is 13.2 Å². The topological polar surface area (TPSA) is 38.3 Å². The van der Waals surface area contributed by atoms with Crippen molar-refractivity contribution in [3.63, 3.8) is 0 Å². The van der Waals surface area contributed by atoms with E-state index in [-0.39, 0.29) is 6.04 Å².